The van der Waals surface area contributed by atoms with Gasteiger partial charge in [0.15, 0.2) is 11.7 Å². The highest BCUT2D eigenvalue weighted by molar-refractivity contribution is 14.0. The summed E-state index contributed by atoms with van der Waals surface area (Å²) in [5.74, 6) is 2.78. The van der Waals surface area contributed by atoms with Crippen LogP contribution in [-0.2, 0) is 6.54 Å². The molecule has 1 fully saturated rings. The average Bonchev–Trinajstić information content (AvgIpc) is 3.22. The Bertz CT molecular complexity index is 769. The number of rotatable bonds is 7. The second-order valence-electron chi connectivity index (χ2n) is 8.32. The summed E-state index contributed by atoms with van der Waals surface area (Å²) in [4.78, 5) is 6.98. The monoisotopic (exact) mass is 525 g/mol. The molecular weight excluding hydrogens is 489 g/mol. The fraction of sp³-hybridized carbons (Fsp3) is 0.565. The Labute approximate surface area is 197 Å². The molecule has 0 spiro atoms. The van der Waals surface area contributed by atoms with Crippen molar-refractivity contribution in [3.63, 3.8) is 0 Å². The zero-order chi connectivity index (χ0) is 20.6. The molecule has 166 valence electrons. The first-order valence-corrected chi connectivity index (χ1v) is 10.8. The van der Waals surface area contributed by atoms with Gasteiger partial charge >= 0.3 is 0 Å². The zero-order valence-corrected chi connectivity index (χ0v) is 20.9. The maximum Gasteiger partial charge on any atom is 0.191 e. The van der Waals surface area contributed by atoms with Gasteiger partial charge in [0.1, 0.15) is 0 Å². The molecule has 1 atom stereocenters. The predicted molar refractivity (Wildman–Crippen MR) is 133 cm³/mol. The van der Waals surface area contributed by atoms with Gasteiger partial charge in [-0.05, 0) is 43.3 Å². The minimum absolute atomic E-state index is 0. The lowest BCUT2D eigenvalue weighted by Gasteiger charge is -2.37. The molecule has 1 aromatic carbocycles. The van der Waals surface area contributed by atoms with Crippen molar-refractivity contribution in [2.75, 3.05) is 26.7 Å². The van der Waals surface area contributed by atoms with Gasteiger partial charge in [0.25, 0.3) is 0 Å². The molecule has 0 amide bonds. The molecule has 2 N–H and O–H groups in total. The number of nitrogens with one attached hydrogen (secondary N) is 2. The van der Waals surface area contributed by atoms with Gasteiger partial charge in [0.05, 0.1) is 18.3 Å². The number of hydrogen-bond donors (Lipinski definition) is 2. The van der Waals surface area contributed by atoms with E-state index in [1.165, 1.54) is 18.4 Å². The molecule has 6 nitrogen and oxygen atoms in total. The molecule has 30 heavy (non-hydrogen) atoms. The van der Waals surface area contributed by atoms with Crippen LogP contribution in [0.5, 0.6) is 0 Å². The van der Waals surface area contributed by atoms with E-state index >= 15 is 0 Å². The topological polar surface area (TPSA) is 65.7 Å². The van der Waals surface area contributed by atoms with Gasteiger partial charge in [-0.15, -0.1) is 24.0 Å². The SMILES string of the molecule is CN=C(NCc1cc(C(C)C)no1)NCC(c1ccccc1)N1CCC(C)CC1.I. The van der Waals surface area contributed by atoms with Crippen molar-refractivity contribution in [2.45, 2.75) is 52.1 Å². The lowest BCUT2D eigenvalue weighted by atomic mass is 9.95. The maximum absolute atomic E-state index is 5.42. The number of piperidine rings is 1. The van der Waals surface area contributed by atoms with Gasteiger partial charge in [-0.1, -0.05) is 56.3 Å². The fourth-order valence-corrected chi connectivity index (χ4v) is 3.74. The number of guanidine groups is 1. The highest BCUT2D eigenvalue weighted by atomic mass is 127. The summed E-state index contributed by atoms with van der Waals surface area (Å²) in [6.45, 7) is 10.2. The van der Waals surface area contributed by atoms with E-state index < -0.39 is 0 Å². The highest BCUT2D eigenvalue weighted by Crippen LogP contribution is 2.26. The van der Waals surface area contributed by atoms with Gasteiger partial charge in [0, 0.05) is 19.7 Å². The highest BCUT2D eigenvalue weighted by Gasteiger charge is 2.24. The number of likely N-dealkylation sites (tertiary alicyclic amines) is 1. The van der Waals surface area contributed by atoms with Gasteiger partial charge in [-0.25, -0.2) is 0 Å². The first-order chi connectivity index (χ1) is 14.1. The quantitative estimate of drug-likeness (QED) is 0.316. The van der Waals surface area contributed by atoms with E-state index in [2.05, 4.69) is 76.8 Å². The summed E-state index contributed by atoms with van der Waals surface area (Å²) >= 11 is 0. The molecule has 1 unspecified atom stereocenters. The molecule has 1 aromatic heterocycles. The van der Waals surface area contributed by atoms with E-state index in [1.54, 1.807) is 7.05 Å². The largest absolute Gasteiger partial charge is 0.359 e. The standard InChI is InChI=1S/C23H35N5O.HI/c1-17(2)21-14-20(29-27-21)15-25-23(24-4)26-16-22(19-8-6-5-7-9-19)28-12-10-18(3)11-13-28;/h5-9,14,17-18,22H,10-13,15-16H2,1-4H3,(H2,24,25,26);1H. The van der Waals surface area contributed by atoms with E-state index in [9.17, 15) is 0 Å². The number of aliphatic imine (C=N–C) groups is 1. The van der Waals surface area contributed by atoms with Crippen LogP contribution in [0.15, 0.2) is 45.9 Å². The Morgan fingerprint density at radius 2 is 1.90 bits per heavy atom. The molecule has 1 saturated heterocycles. The maximum atomic E-state index is 5.42. The number of hydrogen-bond acceptors (Lipinski definition) is 4. The second kappa shape index (κ2) is 12.3. The molecule has 0 saturated carbocycles. The van der Waals surface area contributed by atoms with E-state index in [1.807, 2.05) is 6.07 Å². The molecule has 3 rings (SSSR count). The van der Waals surface area contributed by atoms with Crippen molar-refractivity contribution in [3.05, 3.63) is 53.4 Å². The van der Waals surface area contributed by atoms with Crippen molar-refractivity contribution in [2.24, 2.45) is 10.9 Å². The lowest BCUT2D eigenvalue weighted by Crippen LogP contribution is -2.45. The number of benzene rings is 1. The molecule has 0 radical (unpaired) electrons. The van der Waals surface area contributed by atoms with Crippen LogP contribution in [0.25, 0.3) is 0 Å². The van der Waals surface area contributed by atoms with Crippen LogP contribution >= 0.6 is 24.0 Å². The zero-order valence-electron chi connectivity index (χ0n) is 18.6. The third-order valence-corrected chi connectivity index (χ3v) is 5.73. The first kappa shape index (κ1) is 24.7. The van der Waals surface area contributed by atoms with Crippen LogP contribution in [0.4, 0.5) is 0 Å². The summed E-state index contributed by atoms with van der Waals surface area (Å²) in [5, 5.41) is 11.0. The number of halogens is 1. The normalized spacial score (nSPS) is 16.9. The van der Waals surface area contributed by atoms with Crippen LogP contribution in [0.3, 0.4) is 0 Å². The van der Waals surface area contributed by atoms with Crippen LogP contribution in [0, 0.1) is 5.92 Å². The predicted octanol–water partition coefficient (Wildman–Crippen LogP) is 4.55. The Morgan fingerprint density at radius 1 is 1.20 bits per heavy atom. The van der Waals surface area contributed by atoms with Crippen LogP contribution < -0.4 is 10.6 Å². The molecule has 1 aliphatic heterocycles. The van der Waals surface area contributed by atoms with Gasteiger partial charge < -0.3 is 15.2 Å². The van der Waals surface area contributed by atoms with Crippen molar-refractivity contribution in [1.82, 2.24) is 20.7 Å². The summed E-state index contributed by atoms with van der Waals surface area (Å²) < 4.78 is 5.42. The molecular formula is C23H36IN5O. The minimum atomic E-state index is 0. The molecule has 7 heteroatoms. The lowest BCUT2D eigenvalue weighted by molar-refractivity contribution is 0.138. The fourth-order valence-electron chi connectivity index (χ4n) is 3.74. The molecule has 1 aliphatic rings. The molecule has 0 bridgehead atoms. The average molecular weight is 525 g/mol. The number of aromatic nitrogens is 1. The van der Waals surface area contributed by atoms with Crippen molar-refractivity contribution < 1.29 is 4.52 Å². The Kier molecular flexibility index (Phi) is 10.1. The summed E-state index contributed by atoms with van der Waals surface area (Å²) in [6, 6.07) is 13.1. The van der Waals surface area contributed by atoms with Gasteiger partial charge in [-0.3, -0.25) is 9.89 Å². The Morgan fingerprint density at radius 3 is 2.50 bits per heavy atom. The van der Waals surface area contributed by atoms with E-state index in [4.69, 9.17) is 4.52 Å². The summed E-state index contributed by atoms with van der Waals surface area (Å²) in [5.41, 5.74) is 2.33. The third kappa shape index (κ3) is 6.97. The van der Waals surface area contributed by atoms with Gasteiger partial charge in [-0.2, -0.15) is 0 Å². The van der Waals surface area contributed by atoms with Crippen LogP contribution in [-0.4, -0.2) is 42.7 Å². The van der Waals surface area contributed by atoms with Crippen molar-refractivity contribution >= 4 is 29.9 Å². The molecule has 0 aliphatic carbocycles. The van der Waals surface area contributed by atoms with Gasteiger partial charge in [0.2, 0.25) is 0 Å². The number of nitrogens with zero attached hydrogens (tertiary/aromatic N) is 3. The molecule has 2 aromatic rings. The second-order valence-corrected chi connectivity index (χ2v) is 8.32. The van der Waals surface area contributed by atoms with E-state index in [-0.39, 0.29) is 24.0 Å². The molecule has 2 heterocycles. The third-order valence-electron chi connectivity index (χ3n) is 5.73. The Hall–Kier alpha value is -1.61. The van der Waals surface area contributed by atoms with Crippen LogP contribution in [0.2, 0.25) is 0 Å². The summed E-state index contributed by atoms with van der Waals surface area (Å²) in [7, 11) is 1.80. The Balaban J connectivity index is 0.00000320. The minimum Gasteiger partial charge on any atom is -0.359 e. The van der Waals surface area contributed by atoms with Crippen molar-refractivity contribution in [1.29, 1.82) is 0 Å². The van der Waals surface area contributed by atoms with Crippen molar-refractivity contribution in [3.8, 4) is 0 Å². The van der Waals surface area contributed by atoms with E-state index in [0.29, 0.717) is 18.5 Å². The summed E-state index contributed by atoms with van der Waals surface area (Å²) in [6.07, 6.45) is 2.53. The van der Waals surface area contributed by atoms with E-state index in [0.717, 1.165) is 43.0 Å². The van der Waals surface area contributed by atoms with Crippen LogP contribution in [0.1, 0.15) is 62.6 Å². The first-order valence-electron chi connectivity index (χ1n) is 10.8. The smallest absolute Gasteiger partial charge is 0.191 e.